The van der Waals surface area contributed by atoms with Gasteiger partial charge in [0.1, 0.15) is 5.75 Å². The Morgan fingerprint density at radius 3 is 2.44 bits per heavy atom. The molecule has 1 aromatic rings. The first-order valence-electron chi connectivity index (χ1n) is 5.90. The first kappa shape index (κ1) is 13.0. The van der Waals surface area contributed by atoms with Gasteiger partial charge in [0.2, 0.25) is 0 Å². The van der Waals surface area contributed by atoms with Gasteiger partial charge in [0.25, 0.3) is 0 Å². The smallest absolute Gasteiger partial charge is 0.121 e. The van der Waals surface area contributed by atoms with E-state index in [0.29, 0.717) is 12.0 Å². The van der Waals surface area contributed by atoms with Gasteiger partial charge in [-0.05, 0) is 43.5 Å². The van der Waals surface area contributed by atoms with E-state index in [1.165, 1.54) is 11.1 Å². The molecule has 2 heteroatoms. The molecule has 0 bridgehead atoms. The minimum atomic E-state index is 0.435. The minimum absolute atomic E-state index is 0.435. The van der Waals surface area contributed by atoms with Crippen molar-refractivity contribution in [2.75, 3.05) is 14.2 Å². The van der Waals surface area contributed by atoms with Crippen molar-refractivity contribution < 1.29 is 4.74 Å². The predicted octanol–water partition coefficient (Wildman–Crippen LogP) is 3.31. The number of rotatable bonds is 5. The Hall–Kier alpha value is -1.02. The van der Waals surface area contributed by atoms with Crippen molar-refractivity contribution in [2.24, 2.45) is 5.92 Å². The lowest BCUT2D eigenvalue weighted by Crippen LogP contribution is -2.18. The molecule has 0 amide bonds. The fraction of sp³-hybridized carbons (Fsp3) is 0.571. The highest BCUT2D eigenvalue weighted by Crippen LogP contribution is 2.25. The molecule has 1 aromatic carbocycles. The van der Waals surface area contributed by atoms with Gasteiger partial charge in [-0.1, -0.05) is 26.0 Å². The third-order valence-electron chi connectivity index (χ3n) is 2.88. The summed E-state index contributed by atoms with van der Waals surface area (Å²) in [5.74, 6) is 1.66. The number of ether oxygens (including phenoxy) is 1. The Labute approximate surface area is 99.0 Å². The number of hydrogen-bond donors (Lipinski definition) is 1. The predicted molar refractivity (Wildman–Crippen MR) is 69.0 cm³/mol. The molecule has 0 saturated carbocycles. The zero-order chi connectivity index (χ0) is 12.1. The molecule has 0 aromatic heterocycles. The second kappa shape index (κ2) is 5.90. The maximum absolute atomic E-state index is 5.27. The van der Waals surface area contributed by atoms with Crippen LogP contribution in [0.2, 0.25) is 0 Å². The number of nitrogens with one attached hydrogen (secondary N) is 1. The summed E-state index contributed by atoms with van der Waals surface area (Å²) in [6, 6.07) is 6.84. The van der Waals surface area contributed by atoms with E-state index in [4.69, 9.17) is 4.74 Å². The number of hydrogen-bond acceptors (Lipinski definition) is 2. The zero-order valence-electron chi connectivity index (χ0n) is 11.0. The molecule has 90 valence electrons. The van der Waals surface area contributed by atoms with Gasteiger partial charge in [-0.15, -0.1) is 0 Å². The molecule has 0 radical (unpaired) electrons. The molecule has 16 heavy (non-hydrogen) atoms. The third-order valence-corrected chi connectivity index (χ3v) is 2.88. The third kappa shape index (κ3) is 3.24. The molecule has 0 saturated heterocycles. The summed E-state index contributed by atoms with van der Waals surface area (Å²) in [5, 5.41) is 3.37. The molecule has 0 spiro atoms. The molecule has 1 atom stereocenters. The van der Waals surface area contributed by atoms with Gasteiger partial charge in [0.05, 0.1) is 7.11 Å². The molecule has 0 aliphatic carbocycles. The lowest BCUT2D eigenvalue weighted by Gasteiger charge is -2.20. The van der Waals surface area contributed by atoms with Crippen molar-refractivity contribution in [3.05, 3.63) is 29.3 Å². The average Bonchev–Trinajstić information content (AvgIpc) is 2.25. The van der Waals surface area contributed by atoms with Crippen LogP contribution in [0.25, 0.3) is 0 Å². The first-order chi connectivity index (χ1) is 7.58. The van der Waals surface area contributed by atoms with E-state index in [9.17, 15) is 0 Å². The van der Waals surface area contributed by atoms with E-state index in [0.717, 1.165) is 12.2 Å². The number of benzene rings is 1. The summed E-state index contributed by atoms with van der Waals surface area (Å²) in [4.78, 5) is 0. The van der Waals surface area contributed by atoms with Crippen molar-refractivity contribution >= 4 is 0 Å². The molecule has 0 aliphatic rings. The largest absolute Gasteiger partial charge is 0.496 e. The van der Waals surface area contributed by atoms with E-state index in [-0.39, 0.29) is 0 Å². The van der Waals surface area contributed by atoms with Gasteiger partial charge in [-0.3, -0.25) is 0 Å². The quantitative estimate of drug-likeness (QED) is 0.823. The van der Waals surface area contributed by atoms with Crippen molar-refractivity contribution in [2.45, 2.75) is 33.2 Å². The molecular formula is C14H23NO. The van der Waals surface area contributed by atoms with Gasteiger partial charge < -0.3 is 10.1 Å². The van der Waals surface area contributed by atoms with Crippen LogP contribution in [0.3, 0.4) is 0 Å². The molecule has 2 nitrogen and oxygen atoms in total. The highest BCUT2D eigenvalue weighted by molar-refractivity contribution is 5.37. The van der Waals surface area contributed by atoms with Crippen LogP contribution in [0.5, 0.6) is 5.75 Å². The SMILES string of the molecule is CNC(CC(C)C)c1ccc(OC)c(C)c1. The minimum Gasteiger partial charge on any atom is -0.496 e. The summed E-state index contributed by atoms with van der Waals surface area (Å²) in [5.41, 5.74) is 2.54. The monoisotopic (exact) mass is 221 g/mol. The Morgan fingerprint density at radius 2 is 2.00 bits per heavy atom. The Balaban J connectivity index is 2.89. The maximum Gasteiger partial charge on any atom is 0.121 e. The van der Waals surface area contributed by atoms with E-state index in [2.05, 4.69) is 44.3 Å². The molecule has 1 rings (SSSR count). The summed E-state index contributed by atoms with van der Waals surface area (Å²) >= 11 is 0. The second-order valence-electron chi connectivity index (χ2n) is 4.70. The second-order valence-corrected chi connectivity index (χ2v) is 4.70. The lowest BCUT2D eigenvalue weighted by molar-refractivity contribution is 0.410. The van der Waals surface area contributed by atoms with Crippen LogP contribution in [-0.4, -0.2) is 14.2 Å². The fourth-order valence-corrected chi connectivity index (χ4v) is 2.01. The maximum atomic E-state index is 5.27. The summed E-state index contributed by atoms with van der Waals surface area (Å²) in [6.07, 6.45) is 1.16. The highest BCUT2D eigenvalue weighted by atomic mass is 16.5. The zero-order valence-corrected chi connectivity index (χ0v) is 11.0. The van der Waals surface area contributed by atoms with Crippen molar-refractivity contribution in [3.8, 4) is 5.75 Å². The molecule has 1 N–H and O–H groups in total. The van der Waals surface area contributed by atoms with Crippen LogP contribution in [0.4, 0.5) is 0 Å². The Bertz CT molecular complexity index is 334. The standard InChI is InChI=1S/C14H23NO/c1-10(2)8-13(15-4)12-6-7-14(16-5)11(3)9-12/h6-7,9-10,13,15H,8H2,1-5H3. The van der Waals surface area contributed by atoms with Crippen LogP contribution in [0, 0.1) is 12.8 Å². The molecule has 1 unspecified atom stereocenters. The molecule has 0 aliphatic heterocycles. The van der Waals surface area contributed by atoms with Crippen LogP contribution in [0.15, 0.2) is 18.2 Å². The van der Waals surface area contributed by atoms with E-state index >= 15 is 0 Å². The van der Waals surface area contributed by atoms with Crippen molar-refractivity contribution in [1.29, 1.82) is 0 Å². The Morgan fingerprint density at radius 1 is 1.31 bits per heavy atom. The molecule has 0 heterocycles. The highest BCUT2D eigenvalue weighted by Gasteiger charge is 2.12. The van der Waals surface area contributed by atoms with Gasteiger partial charge >= 0.3 is 0 Å². The average molecular weight is 221 g/mol. The van der Waals surface area contributed by atoms with Gasteiger partial charge in [0, 0.05) is 6.04 Å². The summed E-state index contributed by atoms with van der Waals surface area (Å²) in [7, 11) is 3.73. The van der Waals surface area contributed by atoms with Crippen LogP contribution in [0.1, 0.15) is 37.4 Å². The van der Waals surface area contributed by atoms with Crippen LogP contribution < -0.4 is 10.1 Å². The summed E-state index contributed by atoms with van der Waals surface area (Å²) in [6.45, 7) is 6.59. The van der Waals surface area contributed by atoms with Crippen molar-refractivity contribution in [3.63, 3.8) is 0 Å². The van der Waals surface area contributed by atoms with E-state index in [1.54, 1.807) is 7.11 Å². The number of methoxy groups -OCH3 is 1. The topological polar surface area (TPSA) is 21.3 Å². The van der Waals surface area contributed by atoms with E-state index < -0.39 is 0 Å². The molecule has 0 fully saturated rings. The molecular weight excluding hydrogens is 198 g/mol. The fourth-order valence-electron chi connectivity index (χ4n) is 2.01. The van der Waals surface area contributed by atoms with Gasteiger partial charge in [0.15, 0.2) is 0 Å². The summed E-state index contributed by atoms with van der Waals surface area (Å²) < 4.78 is 5.27. The lowest BCUT2D eigenvalue weighted by atomic mass is 9.96. The van der Waals surface area contributed by atoms with Crippen LogP contribution in [-0.2, 0) is 0 Å². The normalized spacial score (nSPS) is 12.9. The van der Waals surface area contributed by atoms with Gasteiger partial charge in [-0.25, -0.2) is 0 Å². The van der Waals surface area contributed by atoms with Crippen LogP contribution >= 0.6 is 0 Å². The first-order valence-corrected chi connectivity index (χ1v) is 5.90. The van der Waals surface area contributed by atoms with Gasteiger partial charge in [-0.2, -0.15) is 0 Å². The number of aryl methyl sites for hydroxylation is 1. The Kier molecular flexibility index (Phi) is 4.81. The van der Waals surface area contributed by atoms with E-state index in [1.807, 2.05) is 7.05 Å². The van der Waals surface area contributed by atoms with Crippen molar-refractivity contribution in [1.82, 2.24) is 5.32 Å².